The molecule has 122 valence electrons. The fourth-order valence-electron chi connectivity index (χ4n) is 3.74. The summed E-state index contributed by atoms with van der Waals surface area (Å²) in [5.74, 6) is 1.14. The van der Waals surface area contributed by atoms with Gasteiger partial charge in [-0.2, -0.15) is 0 Å². The Balaban J connectivity index is 1.90. The molecule has 2 rings (SSSR count). The summed E-state index contributed by atoms with van der Waals surface area (Å²) in [5, 5.41) is 3.50. The molecule has 1 aliphatic carbocycles. The van der Waals surface area contributed by atoms with Gasteiger partial charge in [-0.15, -0.1) is 0 Å². The normalized spacial score (nSPS) is 22.3. The van der Waals surface area contributed by atoms with Crippen LogP contribution in [0.25, 0.3) is 0 Å². The van der Waals surface area contributed by atoms with Crippen molar-refractivity contribution in [3.05, 3.63) is 0 Å². The lowest BCUT2D eigenvalue weighted by molar-refractivity contribution is 0.203. The van der Waals surface area contributed by atoms with Crippen LogP contribution in [0.1, 0.15) is 52.4 Å². The van der Waals surface area contributed by atoms with Gasteiger partial charge in [0.1, 0.15) is 0 Å². The van der Waals surface area contributed by atoms with Gasteiger partial charge in [0.2, 0.25) is 0 Å². The second-order valence-electron chi connectivity index (χ2n) is 6.86. The highest BCUT2D eigenvalue weighted by Gasteiger charge is 2.39. The van der Waals surface area contributed by atoms with E-state index in [2.05, 4.69) is 36.0 Å². The van der Waals surface area contributed by atoms with E-state index < -0.39 is 0 Å². The van der Waals surface area contributed by atoms with Crippen molar-refractivity contribution < 1.29 is 0 Å². The molecule has 4 nitrogen and oxygen atoms in total. The van der Waals surface area contributed by atoms with Gasteiger partial charge in [-0.3, -0.25) is 4.99 Å². The van der Waals surface area contributed by atoms with E-state index >= 15 is 0 Å². The van der Waals surface area contributed by atoms with Crippen molar-refractivity contribution in [3.63, 3.8) is 0 Å². The van der Waals surface area contributed by atoms with Crippen LogP contribution in [0.2, 0.25) is 0 Å². The number of guanidine groups is 1. The van der Waals surface area contributed by atoms with Crippen LogP contribution in [0.3, 0.4) is 0 Å². The molecule has 0 atom stereocenters. The molecule has 1 saturated carbocycles. The van der Waals surface area contributed by atoms with Crippen molar-refractivity contribution in [1.82, 2.24) is 15.1 Å². The topological polar surface area (TPSA) is 30.9 Å². The molecule has 0 radical (unpaired) electrons. The van der Waals surface area contributed by atoms with E-state index in [1.165, 1.54) is 51.6 Å². The Morgan fingerprint density at radius 1 is 1.19 bits per heavy atom. The zero-order valence-corrected chi connectivity index (χ0v) is 14.3. The Hall–Kier alpha value is -0.770. The Kier molecular flexibility index (Phi) is 6.34. The summed E-state index contributed by atoms with van der Waals surface area (Å²) < 4.78 is 0. The van der Waals surface area contributed by atoms with Crippen molar-refractivity contribution in [3.8, 4) is 0 Å². The summed E-state index contributed by atoms with van der Waals surface area (Å²) in [4.78, 5) is 9.68. The minimum atomic E-state index is 0.606. The maximum absolute atomic E-state index is 4.85. The van der Waals surface area contributed by atoms with E-state index in [0.717, 1.165) is 32.1 Å². The smallest absolute Gasteiger partial charge is 0.193 e. The van der Waals surface area contributed by atoms with Crippen molar-refractivity contribution >= 4 is 5.96 Å². The molecule has 1 heterocycles. The van der Waals surface area contributed by atoms with Crippen LogP contribution >= 0.6 is 0 Å². The number of likely N-dealkylation sites (N-methyl/N-ethyl adjacent to an activating group) is 1. The number of aliphatic imine (C=N–C) groups is 1. The molecule has 4 heteroatoms. The van der Waals surface area contributed by atoms with Crippen molar-refractivity contribution in [2.75, 3.05) is 46.3 Å². The largest absolute Gasteiger partial charge is 0.357 e. The number of nitrogens with one attached hydrogen (secondary N) is 1. The van der Waals surface area contributed by atoms with Gasteiger partial charge >= 0.3 is 0 Å². The first kappa shape index (κ1) is 16.6. The molecule has 0 aromatic heterocycles. The molecule has 0 unspecified atom stereocenters. The van der Waals surface area contributed by atoms with Gasteiger partial charge in [-0.05, 0) is 45.2 Å². The molecular formula is C17H34N4. The van der Waals surface area contributed by atoms with Crippen LogP contribution in [-0.2, 0) is 0 Å². The summed E-state index contributed by atoms with van der Waals surface area (Å²) >= 11 is 0. The van der Waals surface area contributed by atoms with Gasteiger partial charge in [0.25, 0.3) is 0 Å². The second kappa shape index (κ2) is 8.02. The summed E-state index contributed by atoms with van der Waals surface area (Å²) in [6.45, 7) is 10.8. The zero-order valence-electron chi connectivity index (χ0n) is 14.3. The van der Waals surface area contributed by atoms with E-state index in [1.54, 1.807) is 0 Å². The van der Waals surface area contributed by atoms with Gasteiger partial charge < -0.3 is 15.1 Å². The Morgan fingerprint density at radius 2 is 1.95 bits per heavy atom. The van der Waals surface area contributed by atoms with Crippen LogP contribution in [0, 0.1) is 5.41 Å². The average Bonchev–Trinajstić information content (AvgIpc) is 2.90. The van der Waals surface area contributed by atoms with E-state index in [4.69, 9.17) is 4.99 Å². The van der Waals surface area contributed by atoms with Gasteiger partial charge in [-0.25, -0.2) is 0 Å². The maximum Gasteiger partial charge on any atom is 0.193 e. The first-order chi connectivity index (χ1) is 10.2. The van der Waals surface area contributed by atoms with E-state index in [-0.39, 0.29) is 0 Å². The van der Waals surface area contributed by atoms with Gasteiger partial charge in [0.15, 0.2) is 5.96 Å². The third-order valence-electron chi connectivity index (χ3n) is 5.27. The van der Waals surface area contributed by atoms with E-state index in [1.807, 2.05) is 0 Å². The summed E-state index contributed by atoms with van der Waals surface area (Å²) in [5.41, 5.74) is 0.606. The molecule has 21 heavy (non-hydrogen) atoms. The van der Waals surface area contributed by atoms with Crippen molar-refractivity contribution in [2.45, 2.75) is 52.4 Å². The average molecular weight is 294 g/mol. The molecular weight excluding hydrogens is 260 g/mol. The highest BCUT2D eigenvalue weighted by Crippen LogP contribution is 2.43. The molecule has 0 aromatic rings. The highest BCUT2D eigenvalue weighted by molar-refractivity contribution is 5.80. The van der Waals surface area contributed by atoms with Crippen molar-refractivity contribution in [2.24, 2.45) is 10.4 Å². The fraction of sp³-hybridized carbons (Fsp3) is 0.941. The number of hydrogen-bond donors (Lipinski definition) is 1. The summed E-state index contributed by atoms with van der Waals surface area (Å²) in [6, 6.07) is 0. The monoisotopic (exact) mass is 294 g/mol. The first-order valence-corrected chi connectivity index (χ1v) is 8.91. The summed E-state index contributed by atoms with van der Waals surface area (Å²) in [7, 11) is 2.16. The van der Waals surface area contributed by atoms with Crippen LogP contribution in [-0.4, -0.2) is 62.1 Å². The molecule has 1 saturated heterocycles. The van der Waals surface area contributed by atoms with E-state index in [9.17, 15) is 0 Å². The zero-order chi connectivity index (χ0) is 15.1. The molecule has 0 aromatic carbocycles. The molecule has 2 fully saturated rings. The quantitative estimate of drug-likeness (QED) is 0.624. The summed E-state index contributed by atoms with van der Waals surface area (Å²) in [6.07, 6.45) is 8.54. The van der Waals surface area contributed by atoms with Crippen LogP contribution in [0.5, 0.6) is 0 Å². The van der Waals surface area contributed by atoms with E-state index in [0.29, 0.717) is 5.41 Å². The van der Waals surface area contributed by atoms with Crippen LogP contribution < -0.4 is 5.32 Å². The minimum Gasteiger partial charge on any atom is -0.357 e. The molecule has 1 spiro atoms. The number of nitrogens with zero attached hydrogens (tertiary/aromatic N) is 3. The number of hydrogen-bond acceptors (Lipinski definition) is 2. The minimum absolute atomic E-state index is 0.606. The molecule has 1 aliphatic heterocycles. The Bertz CT molecular complexity index is 334. The first-order valence-electron chi connectivity index (χ1n) is 8.91. The van der Waals surface area contributed by atoms with Crippen LogP contribution in [0.15, 0.2) is 4.99 Å². The molecule has 0 amide bonds. The maximum atomic E-state index is 4.85. The second-order valence-corrected chi connectivity index (χ2v) is 6.86. The Morgan fingerprint density at radius 3 is 2.62 bits per heavy atom. The SMILES string of the molecule is CCNC(=NCCN(C)CC)N1CCC2(CCCCC2)C1. The third-order valence-corrected chi connectivity index (χ3v) is 5.27. The standard InChI is InChI=1S/C17H34N4/c1-4-18-16(19-12-14-20(3)5-2)21-13-11-17(15-21)9-7-6-8-10-17/h4-15H2,1-3H3,(H,18,19). The lowest BCUT2D eigenvalue weighted by Gasteiger charge is -2.33. The highest BCUT2D eigenvalue weighted by atomic mass is 15.3. The molecule has 1 N–H and O–H groups in total. The number of rotatable bonds is 5. The van der Waals surface area contributed by atoms with Crippen molar-refractivity contribution in [1.29, 1.82) is 0 Å². The predicted molar refractivity (Wildman–Crippen MR) is 90.9 cm³/mol. The van der Waals surface area contributed by atoms with Crippen LogP contribution in [0.4, 0.5) is 0 Å². The molecule has 2 aliphatic rings. The number of likely N-dealkylation sites (tertiary alicyclic amines) is 1. The predicted octanol–water partition coefficient (Wildman–Crippen LogP) is 2.56. The van der Waals surface area contributed by atoms with Gasteiger partial charge in [0, 0.05) is 26.2 Å². The third kappa shape index (κ3) is 4.60. The fourth-order valence-corrected chi connectivity index (χ4v) is 3.74. The lowest BCUT2D eigenvalue weighted by atomic mass is 9.73. The Labute approximate surface area is 131 Å². The lowest BCUT2D eigenvalue weighted by Crippen LogP contribution is -2.42. The van der Waals surface area contributed by atoms with Gasteiger partial charge in [-0.1, -0.05) is 26.2 Å². The molecule has 0 bridgehead atoms. The van der Waals surface area contributed by atoms with Gasteiger partial charge in [0.05, 0.1) is 6.54 Å².